The maximum Gasteiger partial charge on any atom is 0.0593 e. The Hall–Kier alpha value is -0.900. The molecule has 0 aliphatic carbocycles. The molecule has 19 heavy (non-hydrogen) atoms. The minimum Gasteiger partial charge on any atom is -0.380 e. The number of nitrogens with one attached hydrogen (secondary N) is 1. The number of aryl methyl sites for hydroxylation is 2. The number of hydrogen-bond donors (Lipinski definition) is 1. The van der Waals surface area contributed by atoms with Gasteiger partial charge in [-0.3, -0.25) is 0 Å². The van der Waals surface area contributed by atoms with Crippen molar-refractivity contribution in [3.8, 4) is 0 Å². The second-order valence-electron chi connectivity index (χ2n) is 5.22. The highest BCUT2D eigenvalue weighted by atomic mass is 16.5. The Labute approximate surface area is 118 Å². The van der Waals surface area contributed by atoms with E-state index < -0.39 is 0 Å². The van der Waals surface area contributed by atoms with Crippen molar-refractivity contribution in [1.29, 1.82) is 0 Å². The Morgan fingerprint density at radius 3 is 2.37 bits per heavy atom. The predicted octanol–water partition coefficient (Wildman–Crippen LogP) is 2.53. The molecule has 0 saturated carbocycles. The lowest BCUT2D eigenvalue weighted by atomic mass is 10.0. The van der Waals surface area contributed by atoms with Crippen LogP contribution >= 0.6 is 0 Å². The molecule has 1 N–H and O–H groups in total. The molecule has 108 valence electrons. The van der Waals surface area contributed by atoms with Crippen molar-refractivity contribution in [2.45, 2.75) is 26.8 Å². The van der Waals surface area contributed by atoms with Crippen molar-refractivity contribution in [3.05, 3.63) is 34.9 Å². The van der Waals surface area contributed by atoms with E-state index in [1.807, 2.05) is 14.0 Å². The number of hydrogen-bond acceptors (Lipinski definition) is 3. The van der Waals surface area contributed by atoms with Crippen molar-refractivity contribution in [3.63, 3.8) is 0 Å². The van der Waals surface area contributed by atoms with Crippen LogP contribution < -0.4 is 5.32 Å². The minimum atomic E-state index is 0.366. The Morgan fingerprint density at radius 2 is 1.84 bits per heavy atom. The molecule has 0 aliphatic heterocycles. The summed E-state index contributed by atoms with van der Waals surface area (Å²) in [5.41, 5.74) is 4.02. The lowest BCUT2D eigenvalue weighted by Crippen LogP contribution is -2.33. The van der Waals surface area contributed by atoms with Gasteiger partial charge >= 0.3 is 0 Å². The van der Waals surface area contributed by atoms with Crippen LogP contribution in [0, 0.1) is 13.8 Å². The summed E-state index contributed by atoms with van der Waals surface area (Å²) < 4.78 is 5.40. The molecule has 0 fully saturated rings. The highest BCUT2D eigenvalue weighted by molar-refractivity contribution is 5.30. The van der Waals surface area contributed by atoms with Crippen LogP contribution in [0.1, 0.15) is 29.7 Å². The van der Waals surface area contributed by atoms with Crippen LogP contribution in [0.25, 0.3) is 0 Å². The van der Waals surface area contributed by atoms with Gasteiger partial charge < -0.3 is 15.0 Å². The van der Waals surface area contributed by atoms with Crippen LogP contribution in [0.2, 0.25) is 0 Å². The third-order valence-corrected chi connectivity index (χ3v) is 3.31. The van der Waals surface area contributed by atoms with Crippen molar-refractivity contribution in [2.24, 2.45) is 0 Å². The first-order chi connectivity index (χ1) is 9.06. The Morgan fingerprint density at radius 1 is 1.21 bits per heavy atom. The molecule has 0 aliphatic rings. The van der Waals surface area contributed by atoms with Crippen molar-refractivity contribution < 1.29 is 4.74 Å². The van der Waals surface area contributed by atoms with Gasteiger partial charge in [0.15, 0.2) is 0 Å². The fourth-order valence-electron chi connectivity index (χ4n) is 2.34. The van der Waals surface area contributed by atoms with Gasteiger partial charge in [0, 0.05) is 25.7 Å². The fourth-order valence-corrected chi connectivity index (χ4v) is 2.34. The molecule has 1 aromatic rings. The number of nitrogens with zero attached hydrogens (tertiary/aromatic N) is 1. The van der Waals surface area contributed by atoms with Gasteiger partial charge in [-0.15, -0.1) is 0 Å². The molecular formula is C16H28N2O. The summed E-state index contributed by atoms with van der Waals surface area (Å²) >= 11 is 0. The molecule has 0 heterocycles. The highest BCUT2D eigenvalue weighted by Gasteiger charge is 2.12. The second kappa shape index (κ2) is 8.31. The first-order valence-electron chi connectivity index (χ1n) is 7.08. The maximum absolute atomic E-state index is 5.40. The second-order valence-corrected chi connectivity index (χ2v) is 5.22. The molecule has 3 nitrogen and oxygen atoms in total. The first kappa shape index (κ1) is 16.2. The first-order valence-corrected chi connectivity index (χ1v) is 7.08. The smallest absolute Gasteiger partial charge is 0.0593 e. The van der Waals surface area contributed by atoms with E-state index in [1.54, 1.807) is 0 Å². The van der Waals surface area contributed by atoms with E-state index in [1.165, 1.54) is 16.7 Å². The van der Waals surface area contributed by atoms with E-state index >= 15 is 0 Å². The normalized spacial score (nSPS) is 12.9. The molecule has 0 aromatic heterocycles. The fraction of sp³-hybridized carbons (Fsp3) is 0.625. The van der Waals surface area contributed by atoms with Crippen LogP contribution in [0.4, 0.5) is 0 Å². The van der Waals surface area contributed by atoms with Crippen LogP contribution in [-0.2, 0) is 4.74 Å². The predicted molar refractivity (Wildman–Crippen MR) is 81.7 cm³/mol. The van der Waals surface area contributed by atoms with Crippen molar-refractivity contribution >= 4 is 0 Å². The summed E-state index contributed by atoms with van der Waals surface area (Å²) in [4.78, 5) is 2.31. The van der Waals surface area contributed by atoms with E-state index in [-0.39, 0.29) is 0 Å². The third kappa shape index (κ3) is 5.72. The zero-order chi connectivity index (χ0) is 14.3. The largest absolute Gasteiger partial charge is 0.380 e. The molecule has 0 spiro atoms. The quantitative estimate of drug-likeness (QED) is 0.730. The molecule has 1 rings (SSSR count). The topological polar surface area (TPSA) is 24.5 Å². The van der Waals surface area contributed by atoms with Crippen LogP contribution in [0.15, 0.2) is 18.2 Å². The SMILES string of the molecule is CCOCCN(C)CC(NC)c1cc(C)cc(C)c1. The average Bonchev–Trinajstić information content (AvgIpc) is 2.35. The van der Waals surface area contributed by atoms with Crippen LogP contribution in [0.5, 0.6) is 0 Å². The zero-order valence-electron chi connectivity index (χ0n) is 13.0. The Balaban J connectivity index is 2.61. The monoisotopic (exact) mass is 264 g/mol. The maximum atomic E-state index is 5.40. The van der Waals surface area contributed by atoms with E-state index in [2.05, 4.69) is 49.3 Å². The lowest BCUT2D eigenvalue weighted by molar-refractivity contribution is 0.119. The molecule has 0 bridgehead atoms. The van der Waals surface area contributed by atoms with Gasteiger partial charge in [0.1, 0.15) is 0 Å². The Kier molecular flexibility index (Phi) is 7.06. The summed E-state index contributed by atoms with van der Waals surface area (Å²) in [6, 6.07) is 7.12. The summed E-state index contributed by atoms with van der Waals surface area (Å²) in [6.07, 6.45) is 0. The average molecular weight is 264 g/mol. The summed E-state index contributed by atoms with van der Waals surface area (Å²) in [7, 11) is 4.17. The summed E-state index contributed by atoms with van der Waals surface area (Å²) in [5, 5.41) is 3.41. The molecular weight excluding hydrogens is 236 g/mol. The molecule has 0 amide bonds. The van der Waals surface area contributed by atoms with E-state index in [0.29, 0.717) is 6.04 Å². The standard InChI is InChI=1S/C16H28N2O/c1-6-19-8-7-18(5)12-16(17-4)15-10-13(2)9-14(3)11-15/h9-11,16-17H,6-8,12H2,1-5H3. The van der Waals surface area contributed by atoms with Crippen LogP contribution in [-0.4, -0.2) is 45.3 Å². The van der Waals surface area contributed by atoms with Crippen molar-refractivity contribution in [2.75, 3.05) is 40.4 Å². The molecule has 0 radical (unpaired) electrons. The lowest BCUT2D eigenvalue weighted by Gasteiger charge is -2.24. The number of rotatable bonds is 8. The van der Waals surface area contributed by atoms with Gasteiger partial charge in [-0.2, -0.15) is 0 Å². The molecule has 1 unspecified atom stereocenters. The molecule has 0 saturated heterocycles. The molecule has 1 aromatic carbocycles. The van der Waals surface area contributed by atoms with Crippen molar-refractivity contribution in [1.82, 2.24) is 10.2 Å². The number of likely N-dealkylation sites (N-methyl/N-ethyl adjacent to an activating group) is 2. The number of benzene rings is 1. The summed E-state index contributed by atoms with van der Waals surface area (Å²) in [5.74, 6) is 0. The van der Waals surface area contributed by atoms with E-state index in [0.717, 1.165) is 26.3 Å². The van der Waals surface area contributed by atoms with Gasteiger partial charge in [0.2, 0.25) is 0 Å². The van der Waals surface area contributed by atoms with Gasteiger partial charge in [-0.25, -0.2) is 0 Å². The van der Waals surface area contributed by atoms with E-state index in [9.17, 15) is 0 Å². The summed E-state index contributed by atoms with van der Waals surface area (Å²) in [6.45, 7) is 9.90. The Bertz CT molecular complexity index is 359. The van der Waals surface area contributed by atoms with Crippen LogP contribution in [0.3, 0.4) is 0 Å². The molecule has 1 atom stereocenters. The van der Waals surface area contributed by atoms with Gasteiger partial charge in [0.05, 0.1) is 6.61 Å². The zero-order valence-corrected chi connectivity index (χ0v) is 13.0. The highest BCUT2D eigenvalue weighted by Crippen LogP contribution is 2.17. The van der Waals surface area contributed by atoms with Gasteiger partial charge in [0.25, 0.3) is 0 Å². The van der Waals surface area contributed by atoms with Gasteiger partial charge in [-0.1, -0.05) is 29.3 Å². The van der Waals surface area contributed by atoms with E-state index in [4.69, 9.17) is 4.74 Å². The van der Waals surface area contributed by atoms with Gasteiger partial charge in [-0.05, 0) is 40.4 Å². The third-order valence-electron chi connectivity index (χ3n) is 3.31. The minimum absolute atomic E-state index is 0.366. The molecule has 3 heteroatoms. The number of ether oxygens (including phenoxy) is 1.